The number of fused-ring (bicyclic) bond motifs is 1. The first kappa shape index (κ1) is 18.4. The third-order valence-corrected chi connectivity index (χ3v) is 6.73. The molecule has 25 heavy (non-hydrogen) atoms. The lowest BCUT2D eigenvalue weighted by atomic mass is 9.78. The Morgan fingerprint density at radius 3 is 2.76 bits per heavy atom. The van der Waals surface area contributed by atoms with Crippen molar-refractivity contribution in [3.05, 3.63) is 22.4 Å². The van der Waals surface area contributed by atoms with Gasteiger partial charge in [0.2, 0.25) is 11.8 Å². The lowest BCUT2D eigenvalue weighted by Gasteiger charge is -2.32. The molecule has 1 aromatic heterocycles. The molecule has 2 amide bonds. The minimum Gasteiger partial charge on any atom is -0.468 e. The highest BCUT2D eigenvalue weighted by atomic mass is 32.2. The van der Waals surface area contributed by atoms with Crippen molar-refractivity contribution in [2.24, 2.45) is 11.8 Å². The van der Waals surface area contributed by atoms with Gasteiger partial charge in [-0.1, -0.05) is 6.07 Å². The van der Waals surface area contributed by atoms with E-state index in [1.807, 2.05) is 23.8 Å². The summed E-state index contributed by atoms with van der Waals surface area (Å²) < 4.78 is 5.07. The molecule has 4 atom stereocenters. The van der Waals surface area contributed by atoms with Crippen molar-refractivity contribution in [3.63, 3.8) is 0 Å². The molecule has 2 aliphatic heterocycles. The van der Waals surface area contributed by atoms with Gasteiger partial charge in [-0.2, -0.15) is 11.8 Å². The maximum Gasteiger partial charge on any atom is 0.326 e. The molecule has 0 aliphatic carbocycles. The van der Waals surface area contributed by atoms with Crippen LogP contribution in [0, 0.1) is 11.8 Å². The highest BCUT2D eigenvalue weighted by Gasteiger charge is 2.68. The summed E-state index contributed by atoms with van der Waals surface area (Å²) in [4.78, 5) is 40.9. The number of amides is 2. The van der Waals surface area contributed by atoms with Gasteiger partial charge in [0.1, 0.15) is 5.54 Å². The quantitative estimate of drug-likeness (QED) is 0.596. The summed E-state index contributed by atoms with van der Waals surface area (Å²) in [5.41, 5.74) is -1.16. The summed E-state index contributed by atoms with van der Waals surface area (Å²) in [6, 6.07) is 3.50. The fraction of sp³-hybridized carbons (Fsp3) is 0.588. The Bertz CT molecular complexity index is 678. The predicted molar refractivity (Wildman–Crippen MR) is 97.3 cm³/mol. The molecule has 3 rings (SSSR count). The van der Waals surface area contributed by atoms with E-state index in [0.717, 1.165) is 4.88 Å². The number of ether oxygens (including phenoxy) is 1. The maximum absolute atomic E-state index is 13.0. The van der Waals surface area contributed by atoms with Crippen LogP contribution in [0.1, 0.15) is 24.3 Å². The number of nitrogens with zero attached hydrogens (tertiary/aromatic N) is 1. The molecule has 0 spiro atoms. The number of thiophene rings is 1. The molecule has 2 aliphatic rings. The van der Waals surface area contributed by atoms with E-state index >= 15 is 0 Å². The summed E-state index contributed by atoms with van der Waals surface area (Å²) >= 11 is 3.12. The molecule has 6 nitrogen and oxygen atoms in total. The summed E-state index contributed by atoms with van der Waals surface area (Å²) in [6.07, 6.45) is 2.40. The van der Waals surface area contributed by atoms with Crippen LogP contribution in [0.2, 0.25) is 0 Å². The second-order valence-corrected chi connectivity index (χ2v) is 8.23. The average Bonchev–Trinajstić information content (AvgIpc) is 3.30. The fourth-order valence-electron chi connectivity index (χ4n) is 4.05. The summed E-state index contributed by atoms with van der Waals surface area (Å²) in [5, 5.41) is 5.29. The first-order chi connectivity index (χ1) is 12.0. The van der Waals surface area contributed by atoms with Gasteiger partial charge in [-0.15, -0.1) is 11.3 Å². The molecular weight excluding hydrogens is 360 g/mol. The van der Waals surface area contributed by atoms with E-state index in [1.165, 1.54) is 23.3 Å². The van der Waals surface area contributed by atoms with Gasteiger partial charge in [-0.25, -0.2) is 0 Å². The van der Waals surface area contributed by atoms with Crippen LogP contribution in [0.15, 0.2) is 17.5 Å². The van der Waals surface area contributed by atoms with Crippen LogP contribution < -0.4 is 5.32 Å². The number of carbonyl (C=O) groups excluding carboxylic acids is 3. The van der Waals surface area contributed by atoms with Crippen LogP contribution >= 0.6 is 23.1 Å². The van der Waals surface area contributed by atoms with Crippen molar-refractivity contribution in [1.82, 2.24) is 10.2 Å². The first-order valence-electron chi connectivity index (χ1n) is 8.25. The average molecular weight is 383 g/mol. The van der Waals surface area contributed by atoms with Crippen molar-refractivity contribution in [2.75, 3.05) is 25.7 Å². The number of likely N-dealkylation sites (tertiary alicyclic amines) is 1. The van der Waals surface area contributed by atoms with Crippen LogP contribution in [-0.4, -0.2) is 53.9 Å². The SMILES string of the molecule is CCN1C(=O)[C@@H]2[C@@H](c3cccs3)N[C@@](CCSC)(C(=O)OC)[C@@H]2C1=O. The second kappa shape index (κ2) is 7.09. The van der Waals surface area contributed by atoms with E-state index in [9.17, 15) is 14.4 Å². The van der Waals surface area contributed by atoms with E-state index in [-0.39, 0.29) is 17.9 Å². The molecule has 136 valence electrons. The van der Waals surface area contributed by atoms with Crippen LogP contribution in [0.25, 0.3) is 0 Å². The van der Waals surface area contributed by atoms with Gasteiger partial charge < -0.3 is 4.74 Å². The molecular formula is C17H22N2O4S2. The normalized spacial score (nSPS) is 31.5. The number of nitrogens with one attached hydrogen (secondary N) is 1. The summed E-state index contributed by atoms with van der Waals surface area (Å²) in [6.45, 7) is 2.10. The van der Waals surface area contributed by atoms with E-state index in [0.29, 0.717) is 18.7 Å². The molecule has 1 N–H and O–H groups in total. The molecule has 2 fully saturated rings. The smallest absolute Gasteiger partial charge is 0.326 e. The first-order valence-corrected chi connectivity index (χ1v) is 10.5. The monoisotopic (exact) mass is 382 g/mol. The zero-order valence-corrected chi connectivity index (χ0v) is 16.1. The van der Waals surface area contributed by atoms with Crippen molar-refractivity contribution in [3.8, 4) is 0 Å². The van der Waals surface area contributed by atoms with Gasteiger partial charge in [0.15, 0.2) is 0 Å². The predicted octanol–water partition coefficient (Wildman–Crippen LogP) is 1.68. The molecule has 0 unspecified atom stereocenters. The number of hydrogen-bond donors (Lipinski definition) is 1. The standard InChI is InChI=1S/C17H22N2O4S2/c1-4-19-14(20)11-12(15(19)21)17(7-9-24-3,16(22)23-2)18-13(11)10-6-5-8-25-10/h5-6,8,11-13,18H,4,7,9H2,1-3H3/t11-,12-,13+,17+/m0/s1. The molecule has 8 heteroatoms. The van der Waals surface area contributed by atoms with Crippen LogP contribution in [0.5, 0.6) is 0 Å². The van der Waals surface area contributed by atoms with Crippen molar-refractivity contribution >= 4 is 40.9 Å². The van der Waals surface area contributed by atoms with E-state index in [1.54, 1.807) is 18.7 Å². The Labute approximate surface area is 155 Å². The number of rotatable bonds is 6. The van der Waals surface area contributed by atoms with Crippen molar-refractivity contribution in [2.45, 2.75) is 24.9 Å². The van der Waals surface area contributed by atoms with Gasteiger partial charge >= 0.3 is 5.97 Å². The van der Waals surface area contributed by atoms with Gasteiger partial charge in [-0.3, -0.25) is 24.6 Å². The summed E-state index contributed by atoms with van der Waals surface area (Å²) in [7, 11) is 1.33. The van der Waals surface area contributed by atoms with Crippen LogP contribution in [0.4, 0.5) is 0 Å². The largest absolute Gasteiger partial charge is 0.468 e. The third kappa shape index (κ3) is 2.71. The lowest BCUT2D eigenvalue weighted by Crippen LogP contribution is -2.56. The second-order valence-electron chi connectivity index (χ2n) is 6.27. The number of esters is 1. The molecule has 0 aromatic carbocycles. The van der Waals surface area contributed by atoms with Crippen LogP contribution in [-0.2, 0) is 19.1 Å². The third-order valence-electron chi connectivity index (χ3n) is 5.16. The van der Waals surface area contributed by atoms with E-state index in [4.69, 9.17) is 4.74 Å². The number of imide groups is 1. The molecule has 2 saturated heterocycles. The Morgan fingerprint density at radius 2 is 2.20 bits per heavy atom. The van der Waals surface area contributed by atoms with E-state index < -0.39 is 23.3 Å². The minimum atomic E-state index is -1.16. The molecule has 0 saturated carbocycles. The zero-order valence-electron chi connectivity index (χ0n) is 14.5. The molecule has 0 radical (unpaired) electrons. The molecule has 3 heterocycles. The van der Waals surface area contributed by atoms with Crippen molar-refractivity contribution < 1.29 is 19.1 Å². The number of carbonyl (C=O) groups is 3. The highest BCUT2D eigenvalue weighted by molar-refractivity contribution is 7.98. The highest BCUT2D eigenvalue weighted by Crippen LogP contribution is 2.51. The van der Waals surface area contributed by atoms with Gasteiger partial charge in [0, 0.05) is 11.4 Å². The fourth-order valence-corrected chi connectivity index (χ4v) is 5.40. The van der Waals surface area contributed by atoms with E-state index in [2.05, 4.69) is 5.32 Å². The Hall–Kier alpha value is -1.38. The number of thioether (sulfide) groups is 1. The molecule has 0 bridgehead atoms. The lowest BCUT2D eigenvalue weighted by molar-refractivity contribution is -0.154. The van der Waals surface area contributed by atoms with Gasteiger partial charge in [-0.05, 0) is 36.8 Å². The van der Waals surface area contributed by atoms with Crippen molar-refractivity contribution in [1.29, 1.82) is 0 Å². The maximum atomic E-state index is 13.0. The zero-order chi connectivity index (χ0) is 18.2. The Kier molecular flexibility index (Phi) is 5.22. The Balaban J connectivity index is 2.11. The molecule has 1 aromatic rings. The summed E-state index contributed by atoms with van der Waals surface area (Å²) in [5.74, 6) is -1.52. The van der Waals surface area contributed by atoms with Gasteiger partial charge in [0.05, 0.1) is 25.0 Å². The minimum absolute atomic E-state index is 0.196. The Morgan fingerprint density at radius 1 is 1.44 bits per heavy atom. The topological polar surface area (TPSA) is 75.7 Å². The van der Waals surface area contributed by atoms with Gasteiger partial charge in [0.25, 0.3) is 0 Å². The number of hydrogen-bond acceptors (Lipinski definition) is 7. The van der Waals surface area contributed by atoms with Crippen LogP contribution in [0.3, 0.4) is 0 Å². The number of methoxy groups -OCH3 is 1.